The van der Waals surface area contributed by atoms with E-state index in [9.17, 15) is 4.79 Å². The number of carbonyl (C=O) groups excluding carboxylic acids is 1. The van der Waals surface area contributed by atoms with Crippen LogP contribution < -0.4 is 0 Å². The van der Waals surface area contributed by atoms with E-state index in [1.165, 1.54) is 0 Å². The molecule has 1 aromatic carbocycles. The molecule has 1 saturated heterocycles. The molecule has 0 spiro atoms. The molecule has 1 amide bonds. The Labute approximate surface area is 111 Å². The van der Waals surface area contributed by atoms with Gasteiger partial charge in [0, 0.05) is 17.1 Å². The van der Waals surface area contributed by atoms with Crippen molar-refractivity contribution in [3.8, 4) is 0 Å². The van der Waals surface area contributed by atoms with Gasteiger partial charge in [-0.25, -0.2) is 0 Å². The van der Waals surface area contributed by atoms with Gasteiger partial charge in [-0.3, -0.25) is 4.79 Å². The van der Waals surface area contributed by atoms with Gasteiger partial charge in [-0.1, -0.05) is 26.0 Å². The molecule has 0 N–H and O–H groups in total. The summed E-state index contributed by atoms with van der Waals surface area (Å²) in [6.45, 7) is 5.27. The first-order valence-corrected chi connectivity index (χ1v) is 6.96. The third-order valence-corrected chi connectivity index (χ3v) is 4.13. The van der Waals surface area contributed by atoms with Gasteiger partial charge in [0.2, 0.25) is 0 Å². The molecule has 1 unspecified atom stereocenters. The number of hydrogen-bond donors (Lipinski definition) is 0. The molecule has 1 fully saturated rings. The highest BCUT2D eigenvalue weighted by Gasteiger charge is 2.31. The zero-order valence-corrected chi connectivity index (χ0v) is 11.9. The van der Waals surface area contributed by atoms with Gasteiger partial charge < -0.3 is 4.90 Å². The Morgan fingerprint density at radius 2 is 2.12 bits per heavy atom. The van der Waals surface area contributed by atoms with Crippen molar-refractivity contribution in [2.45, 2.75) is 32.7 Å². The minimum absolute atomic E-state index is 0.161. The van der Waals surface area contributed by atoms with Crippen molar-refractivity contribution in [2.75, 3.05) is 6.54 Å². The van der Waals surface area contributed by atoms with Gasteiger partial charge >= 0.3 is 0 Å². The van der Waals surface area contributed by atoms with E-state index in [0.717, 1.165) is 29.4 Å². The lowest BCUT2D eigenvalue weighted by Gasteiger charge is -2.28. The van der Waals surface area contributed by atoms with Crippen LogP contribution in [-0.4, -0.2) is 23.4 Å². The monoisotopic (exact) mass is 295 g/mol. The summed E-state index contributed by atoms with van der Waals surface area (Å²) in [5.74, 6) is 0.692. The van der Waals surface area contributed by atoms with E-state index in [1.54, 1.807) is 0 Å². The van der Waals surface area contributed by atoms with Crippen LogP contribution in [0.2, 0.25) is 0 Å². The summed E-state index contributed by atoms with van der Waals surface area (Å²) >= 11 is 3.45. The van der Waals surface area contributed by atoms with Crippen molar-refractivity contribution < 1.29 is 4.79 Å². The molecule has 0 aliphatic carbocycles. The molecule has 1 aliphatic heterocycles. The second-order valence-electron chi connectivity index (χ2n) is 4.93. The molecule has 2 rings (SSSR count). The summed E-state index contributed by atoms with van der Waals surface area (Å²) < 4.78 is 0.888. The molecule has 0 bridgehead atoms. The van der Waals surface area contributed by atoms with Crippen LogP contribution in [0.1, 0.15) is 37.0 Å². The lowest BCUT2D eigenvalue weighted by molar-refractivity contribution is 0.0700. The zero-order chi connectivity index (χ0) is 12.4. The van der Waals surface area contributed by atoms with E-state index in [2.05, 4.69) is 29.8 Å². The Bertz CT molecular complexity index is 416. The first-order valence-electron chi connectivity index (χ1n) is 6.16. The fourth-order valence-electron chi connectivity index (χ4n) is 2.53. The zero-order valence-electron chi connectivity index (χ0n) is 10.3. The maximum atomic E-state index is 12.5. The Balaban J connectivity index is 2.23. The highest BCUT2D eigenvalue weighted by molar-refractivity contribution is 9.10. The largest absolute Gasteiger partial charge is 0.335 e. The molecule has 1 aromatic rings. The summed E-state index contributed by atoms with van der Waals surface area (Å²) in [4.78, 5) is 14.5. The third-order valence-electron chi connectivity index (χ3n) is 3.43. The maximum absolute atomic E-state index is 12.5. The Morgan fingerprint density at radius 1 is 1.41 bits per heavy atom. The van der Waals surface area contributed by atoms with Crippen LogP contribution in [0.3, 0.4) is 0 Å². The van der Waals surface area contributed by atoms with Crippen molar-refractivity contribution in [3.05, 3.63) is 34.3 Å². The van der Waals surface area contributed by atoms with Gasteiger partial charge in [-0.2, -0.15) is 0 Å². The average Bonchev–Trinajstić information content (AvgIpc) is 2.77. The van der Waals surface area contributed by atoms with E-state index in [4.69, 9.17) is 0 Å². The van der Waals surface area contributed by atoms with Crippen LogP contribution in [0.5, 0.6) is 0 Å². The summed E-state index contributed by atoms with van der Waals surface area (Å²) in [6.07, 6.45) is 2.26. The van der Waals surface area contributed by atoms with Gasteiger partial charge in [0.1, 0.15) is 0 Å². The number of nitrogens with zero attached hydrogens (tertiary/aromatic N) is 1. The average molecular weight is 296 g/mol. The fraction of sp³-hybridized carbons (Fsp3) is 0.500. The van der Waals surface area contributed by atoms with E-state index in [0.29, 0.717) is 12.0 Å². The molecule has 0 aromatic heterocycles. The van der Waals surface area contributed by atoms with Gasteiger partial charge in [0.25, 0.3) is 5.91 Å². The fourth-order valence-corrected chi connectivity index (χ4v) is 2.98. The van der Waals surface area contributed by atoms with Gasteiger partial charge in [0.05, 0.1) is 5.56 Å². The molecule has 3 heteroatoms. The summed E-state index contributed by atoms with van der Waals surface area (Å²) in [5.41, 5.74) is 0.778. The molecule has 0 saturated carbocycles. The van der Waals surface area contributed by atoms with E-state index in [1.807, 2.05) is 29.2 Å². The Hall–Kier alpha value is -0.830. The number of rotatable bonds is 2. The molecule has 92 valence electrons. The molecule has 1 atom stereocenters. The molecule has 1 aliphatic rings. The van der Waals surface area contributed by atoms with E-state index < -0.39 is 0 Å². The van der Waals surface area contributed by atoms with E-state index >= 15 is 0 Å². The van der Waals surface area contributed by atoms with Crippen molar-refractivity contribution in [2.24, 2.45) is 5.92 Å². The third kappa shape index (κ3) is 2.54. The number of amides is 1. The lowest BCUT2D eigenvalue weighted by Crippen LogP contribution is -2.38. The molecule has 1 heterocycles. The number of likely N-dealkylation sites (tertiary alicyclic amines) is 1. The highest BCUT2D eigenvalue weighted by Crippen LogP contribution is 2.27. The Morgan fingerprint density at radius 3 is 2.76 bits per heavy atom. The molecular weight excluding hydrogens is 278 g/mol. The van der Waals surface area contributed by atoms with Crippen LogP contribution in [0, 0.1) is 5.92 Å². The SMILES string of the molecule is CC(C)C1CCCN1C(=O)c1ccccc1Br. The molecule has 0 radical (unpaired) electrons. The first kappa shape index (κ1) is 12.6. The molecule has 2 nitrogen and oxygen atoms in total. The first-order chi connectivity index (χ1) is 8.11. The van der Waals surface area contributed by atoms with Crippen molar-refractivity contribution in [1.82, 2.24) is 4.90 Å². The van der Waals surface area contributed by atoms with Crippen molar-refractivity contribution in [3.63, 3.8) is 0 Å². The summed E-state index contributed by atoms with van der Waals surface area (Å²) in [5, 5.41) is 0. The summed E-state index contributed by atoms with van der Waals surface area (Å²) in [6, 6.07) is 8.06. The van der Waals surface area contributed by atoms with Crippen LogP contribution in [0.25, 0.3) is 0 Å². The maximum Gasteiger partial charge on any atom is 0.255 e. The predicted molar refractivity (Wildman–Crippen MR) is 73.0 cm³/mol. The standard InChI is InChI=1S/C14H18BrNO/c1-10(2)13-8-5-9-16(13)14(17)11-6-3-4-7-12(11)15/h3-4,6-7,10,13H,5,8-9H2,1-2H3. The van der Waals surface area contributed by atoms with Crippen molar-refractivity contribution in [1.29, 1.82) is 0 Å². The minimum Gasteiger partial charge on any atom is -0.335 e. The van der Waals surface area contributed by atoms with Crippen LogP contribution in [0.15, 0.2) is 28.7 Å². The quantitative estimate of drug-likeness (QED) is 0.814. The van der Waals surface area contributed by atoms with Crippen LogP contribution in [0.4, 0.5) is 0 Å². The Kier molecular flexibility index (Phi) is 3.87. The number of benzene rings is 1. The van der Waals surface area contributed by atoms with Crippen molar-refractivity contribution >= 4 is 21.8 Å². The number of hydrogen-bond acceptors (Lipinski definition) is 1. The topological polar surface area (TPSA) is 20.3 Å². The van der Waals surface area contributed by atoms with Crippen LogP contribution in [-0.2, 0) is 0 Å². The minimum atomic E-state index is 0.161. The second-order valence-corrected chi connectivity index (χ2v) is 5.79. The molecule has 17 heavy (non-hydrogen) atoms. The van der Waals surface area contributed by atoms with Gasteiger partial charge in [-0.05, 0) is 46.8 Å². The normalized spacial score (nSPS) is 20.0. The van der Waals surface area contributed by atoms with Crippen LogP contribution >= 0.6 is 15.9 Å². The predicted octanol–water partition coefficient (Wildman–Crippen LogP) is 3.71. The highest BCUT2D eigenvalue weighted by atomic mass is 79.9. The molecular formula is C14H18BrNO. The van der Waals surface area contributed by atoms with Gasteiger partial charge in [-0.15, -0.1) is 0 Å². The lowest BCUT2D eigenvalue weighted by atomic mass is 10.0. The smallest absolute Gasteiger partial charge is 0.255 e. The summed E-state index contributed by atoms with van der Waals surface area (Å²) in [7, 11) is 0. The van der Waals surface area contributed by atoms with E-state index in [-0.39, 0.29) is 5.91 Å². The second kappa shape index (κ2) is 5.21. The van der Waals surface area contributed by atoms with Gasteiger partial charge in [0.15, 0.2) is 0 Å². The number of carbonyl (C=O) groups is 1. The number of halogens is 1.